The van der Waals surface area contributed by atoms with Crippen molar-refractivity contribution in [2.24, 2.45) is 7.05 Å². The number of alkyl halides is 3. The summed E-state index contributed by atoms with van der Waals surface area (Å²) in [6.07, 6.45) is -2.99. The van der Waals surface area contributed by atoms with Crippen LogP contribution >= 0.6 is 23.1 Å². The van der Waals surface area contributed by atoms with Gasteiger partial charge in [-0.25, -0.2) is 0 Å². The molecule has 0 aliphatic rings. The first-order valence-electron chi connectivity index (χ1n) is 9.94. The van der Waals surface area contributed by atoms with E-state index in [4.69, 9.17) is 11.6 Å². The lowest BCUT2D eigenvalue weighted by atomic mass is 10.2. The number of H-pyrrole nitrogens is 1. The number of nitrogens with zero attached hydrogens (tertiary/aromatic N) is 5. The van der Waals surface area contributed by atoms with Crippen LogP contribution in [0.15, 0.2) is 48.7 Å². The van der Waals surface area contributed by atoms with E-state index < -0.39 is 17.8 Å². The molecule has 2 aromatic carbocycles. The van der Waals surface area contributed by atoms with Crippen molar-refractivity contribution in [3.05, 3.63) is 65.1 Å². The average Bonchev–Trinajstić information content (AvgIpc) is 3.55. The molecule has 0 saturated heterocycles. The first-order chi connectivity index (χ1) is 16.7. The van der Waals surface area contributed by atoms with Gasteiger partial charge in [0.15, 0.2) is 11.5 Å². The van der Waals surface area contributed by atoms with Crippen LogP contribution in [0, 0.1) is 0 Å². The molecule has 5 aromatic rings. The SMILES string of the molecule is Cn1nc(C(=O)Nc2cccc(-c3nsc(Nc4ccc5[nH]ncc5c4Cl)n3)c2)cc1C(F)(F)F. The van der Waals surface area contributed by atoms with E-state index in [9.17, 15) is 18.0 Å². The van der Waals surface area contributed by atoms with Crippen molar-refractivity contribution in [3.63, 3.8) is 0 Å². The quantitative estimate of drug-likeness (QED) is 0.284. The van der Waals surface area contributed by atoms with Gasteiger partial charge in [0.1, 0.15) is 5.69 Å². The van der Waals surface area contributed by atoms with Crippen LogP contribution in [0.3, 0.4) is 0 Å². The van der Waals surface area contributed by atoms with E-state index in [0.29, 0.717) is 43.7 Å². The summed E-state index contributed by atoms with van der Waals surface area (Å²) in [6, 6.07) is 11.0. The van der Waals surface area contributed by atoms with E-state index in [0.717, 1.165) is 29.5 Å². The van der Waals surface area contributed by atoms with Gasteiger partial charge in [0, 0.05) is 41.3 Å². The molecule has 178 valence electrons. The summed E-state index contributed by atoms with van der Waals surface area (Å²) in [5, 5.41) is 17.9. The van der Waals surface area contributed by atoms with Gasteiger partial charge in [-0.2, -0.15) is 32.7 Å². The molecule has 5 rings (SSSR count). The number of hydrogen-bond donors (Lipinski definition) is 3. The maximum absolute atomic E-state index is 13.0. The normalized spacial score (nSPS) is 11.7. The summed E-state index contributed by atoms with van der Waals surface area (Å²) >= 11 is 7.56. The topological polar surface area (TPSA) is 113 Å². The summed E-state index contributed by atoms with van der Waals surface area (Å²) < 4.78 is 43.9. The monoisotopic (exact) mass is 518 g/mol. The Labute approximate surface area is 204 Å². The van der Waals surface area contributed by atoms with Gasteiger partial charge < -0.3 is 10.6 Å². The zero-order valence-corrected chi connectivity index (χ0v) is 19.3. The van der Waals surface area contributed by atoms with Gasteiger partial charge in [0.25, 0.3) is 5.91 Å². The van der Waals surface area contributed by atoms with Gasteiger partial charge in [0.05, 0.1) is 22.4 Å². The highest BCUT2D eigenvalue weighted by atomic mass is 35.5. The van der Waals surface area contributed by atoms with Gasteiger partial charge in [-0.05, 0) is 24.3 Å². The molecular formula is C21H14ClF3N8OS. The second-order valence-electron chi connectivity index (χ2n) is 7.38. The number of hydrogen-bond acceptors (Lipinski definition) is 7. The molecule has 0 spiro atoms. The lowest BCUT2D eigenvalue weighted by Crippen LogP contribution is -2.13. The molecule has 1 amide bonds. The third kappa shape index (κ3) is 4.55. The first-order valence-corrected chi connectivity index (χ1v) is 11.1. The van der Waals surface area contributed by atoms with Gasteiger partial charge in [0.2, 0.25) is 5.13 Å². The Morgan fingerprint density at radius 2 is 2.03 bits per heavy atom. The smallest absolute Gasteiger partial charge is 0.329 e. The molecule has 3 heterocycles. The van der Waals surface area contributed by atoms with Crippen LogP contribution in [0.4, 0.5) is 29.7 Å². The van der Waals surface area contributed by atoms with E-state index in [1.54, 1.807) is 36.5 Å². The van der Waals surface area contributed by atoms with Crippen LogP contribution < -0.4 is 10.6 Å². The van der Waals surface area contributed by atoms with Crippen molar-refractivity contribution in [1.82, 2.24) is 29.3 Å². The van der Waals surface area contributed by atoms with E-state index in [1.807, 2.05) is 6.07 Å². The van der Waals surface area contributed by atoms with E-state index in [2.05, 4.69) is 35.3 Å². The van der Waals surface area contributed by atoms with Crippen LogP contribution in [0.5, 0.6) is 0 Å². The minimum Gasteiger partial charge on any atom is -0.329 e. The molecular weight excluding hydrogens is 505 g/mol. The van der Waals surface area contributed by atoms with Crippen LogP contribution in [-0.2, 0) is 13.2 Å². The Morgan fingerprint density at radius 1 is 1.20 bits per heavy atom. The number of aromatic nitrogens is 6. The van der Waals surface area contributed by atoms with E-state index in [-0.39, 0.29) is 5.69 Å². The predicted molar refractivity (Wildman–Crippen MR) is 126 cm³/mol. The summed E-state index contributed by atoms with van der Waals surface area (Å²) in [4.78, 5) is 16.9. The third-order valence-electron chi connectivity index (χ3n) is 5.01. The predicted octanol–water partition coefficient (Wildman–Crippen LogP) is 5.48. The molecule has 0 saturated carbocycles. The number of carbonyl (C=O) groups is 1. The number of fused-ring (bicyclic) bond motifs is 1. The van der Waals surface area contributed by atoms with Gasteiger partial charge in [-0.1, -0.05) is 23.7 Å². The molecule has 0 aliphatic heterocycles. The number of nitrogens with one attached hydrogen (secondary N) is 3. The number of rotatable bonds is 5. The molecule has 0 unspecified atom stereocenters. The van der Waals surface area contributed by atoms with Crippen molar-refractivity contribution in [2.75, 3.05) is 10.6 Å². The van der Waals surface area contributed by atoms with Crippen LogP contribution in [-0.4, -0.2) is 35.2 Å². The molecule has 0 atom stereocenters. The summed E-state index contributed by atoms with van der Waals surface area (Å²) in [5.74, 6) is -0.377. The highest BCUT2D eigenvalue weighted by Gasteiger charge is 2.35. The number of aryl methyl sites for hydroxylation is 1. The Balaban J connectivity index is 1.33. The molecule has 14 heteroatoms. The van der Waals surface area contributed by atoms with Crippen LogP contribution in [0.25, 0.3) is 22.3 Å². The molecule has 0 aliphatic carbocycles. The Hall–Kier alpha value is -3.97. The first kappa shape index (κ1) is 22.8. The highest BCUT2D eigenvalue weighted by Crippen LogP contribution is 2.33. The zero-order chi connectivity index (χ0) is 24.7. The Bertz CT molecular complexity index is 1560. The van der Waals surface area contributed by atoms with Crippen molar-refractivity contribution in [2.45, 2.75) is 6.18 Å². The molecule has 9 nitrogen and oxygen atoms in total. The fraction of sp³-hybridized carbons (Fsp3) is 0.0952. The third-order valence-corrected chi connectivity index (χ3v) is 6.05. The van der Waals surface area contributed by atoms with E-state index in [1.165, 1.54) is 0 Å². The molecule has 0 radical (unpaired) electrons. The van der Waals surface area contributed by atoms with Crippen molar-refractivity contribution in [1.29, 1.82) is 0 Å². The number of aromatic amines is 1. The zero-order valence-electron chi connectivity index (χ0n) is 17.7. The van der Waals surface area contributed by atoms with Crippen molar-refractivity contribution >= 4 is 56.4 Å². The molecule has 0 bridgehead atoms. The summed E-state index contributed by atoms with van der Waals surface area (Å²) in [5.41, 5.74) is 1.02. The summed E-state index contributed by atoms with van der Waals surface area (Å²) in [6.45, 7) is 0. The number of amides is 1. The molecule has 3 aromatic heterocycles. The van der Waals surface area contributed by atoms with Gasteiger partial charge in [-0.3, -0.25) is 14.6 Å². The standard InChI is InChI=1S/C21H14ClF3N8OS/c1-33-16(21(23,24)25)8-15(31-33)19(34)27-11-4-2-3-10(7-11)18-29-20(35-32-18)28-14-6-5-13-12(17(14)22)9-26-30-13/h2-9H,1H3,(H,26,30)(H,27,34)(H,28,29,32). The van der Waals surface area contributed by atoms with Crippen molar-refractivity contribution in [3.8, 4) is 11.4 Å². The number of halogens is 4. The highest BCUT2D eigenvalue weighted by molar-refractivity contribution is 7.10. The second kappa shape index (κ2) is 8.67. The van der Waals surface area contributed by atoms with Crippen LogP contribution in [0.2, 0.25) is 5.02 Å². The molecule has 3 N–H and O–H groups in total. The maximum Gasteiger partial charge on any atom is 0.433 e. The van der Waals surface area contributed by atoms with Crippen molar-refractivity contribution < 1.29 is 18.0 Å². The largest absolute Gasteiger partial charge is 0.433 e. The lowest BCUT2D eigenvalue weighted by molar-refractivity contribution is -0.143. The van der Waals surface area contributed by atoms with E-state index >= 15 is 0 Å². The number of anilines is 3. The second-order valence-corrected chi connectivity index (χ2v) is 8.51. The Kier molecular flexibility index (Phi) is 5.65. The minimum atomic E-state index is -4.61. The average molecular weight is 519 g/mol. The Morgan fingerprint density at radius 3 is 2.80 bits per heavy atom. The van der Waals surface area contributed by atoms with Gasteiger partial charge in [-0.15, -0.1) is 0 Å². The number of benzene rings is 2. The molecule has 35 heavy (non-hydrogen) atoms. The maximum atomic E-state index is 13.0. The fourth-order valence-electron chi connectivity index (χ4n) is 3.36. The number of carbonyl (C=O) groups excluding carboxylic acids is 1. The fourth-order valence-corrected chi connectivity index (χ4v) is 4.22. The summed E-state index contributed by atoms with van der Waals surface area (Å²) in [7, 11) is 1.13. The molecule has 0 fully saturated rings. The van der Waals surface area contributed by atoms with Crippen LogP contribution in [0.1, 0.15) is 16.2 Å². The van der Waals surface area contributed by atoms with Gasteiger partial charge >= 0.3 is 6.18 Å². The minimum absolute atomic E-state index is 0.351. The lowest BCUT2D eigenvalue weighted by Gasteiger charge is -2.05.